The van der Waals surface area contributed by atoms with Crippen molar-refractivity contribution in [1.29, 1.82) is 0 Å². The molecule has 0 N–H and O–H groups in total. The Bertz CT molecular complexity index is 288. The lowest BCUT2D eigenvalue weighted by atomic mass is 10.3. The van der Waals surface area contributed by atoms with E-state index in [-0.39, 0.29) is 4.88 Å². The molecular weight excluding hydrogens is 318 g/mol. The average molecular weight is 323 g/mol. The van der Waals surface area contributed by atoms with Gasteiger partial charge in [-0.25, -0.2) is 4.98 Å². The fourth-order valence-electron chi connectivity index (χ4n) is 0.755. The van der Waals surface area contributed by atoms with Gasteiger partial charge in [0.2, 0.25) is 6.10 Å². The van der Waals surface area contributed by atoms with Crippen LogP contribution in [0.2, 0.25) is 0 Å². The third kappa shape index (κ3) is 2.78. The van der Waals surface area contributed by atoms with Gasteiger partial charge in [-0.1, -0.05) is 0 Å². The highest BCUT2D eigenvalue weighted by atomic mass is 127. The molecule has 2 nitrogen and oxygen atoms in total. The molecule has 0 amide bonds. The standard InChI is InChI=1S/C6H5F3INOS/c1-3-11-2-4(13-3)5(12-10)6(7,8)9/h2,5H,1H3. The van der Waals surface area contributed by atoms with Gasteiger partial charge in [0, 0.05) is 6.20 Å². The SMILES string of the molecule is Cc1ncc(C(OI)C(F)(F)F)s1. The summed E-state index contributed by atoms with van der Waals surface area (Å²) in [5.74, 6) is 0. The van der Waals surface area contributed by atoms with E-state index in [9.17, 15) is 13.2 Å². The molecule has 0 radical (unpaired) electrons. The van der Waals surface area contributed by atoms with E-state index in [0.717, 1.165) is 11.3 Å². The molecule has 7 heteroatoms. The first-order chi connectivity index (χ1) is 5.95. The molecule has 0 aliphatic heterocycles. The van der Waals surface area contributed by atoms with Crippen LogP contribution < -0.4 is 0 Å². The number of thiazole rings is 1. The number of halogens is 4. The molecule has 0 aromatic carbocycles. The molecule has 1 aromatic heterocycles. The van der Waals surface area contributed by atoms with Crippen molar-refractivity contribution < 1.29 is 16.2 Å². The van der Waals surface area contributed by atoms with Crippen LogP contribution in [0.1, 0.15) is 16.0 Å². The first-order valence-corrected chi connectivity index (χ1v) is 4.91. The summed E-state index contributed by atoms with van der Waals surface area (Å²) in [4.78, 5) is 3.82. The van der Waals surface area contributed by atoms with Crippen molar-refractivity contribution in [2.75, 3.05) is 0 Å². The quantitative estimate of drug-likeness (QED) is 0.778. The van der Waals surface area contributed by atoms with E-state index in [2.05, 4.69) is 8.05 Å². The summed E-state index contributed by atoms with van der Waals surface area (Å²) in [7, 11) is 0. The van der Waals surface area contributed by atoms with Crippen LogP contribution in [0.5, 0.6) is 0 Å². The van der Waals surface area contributed by atoms with Crippen LogP contribution in [0.4, 0.5) is 13.2 Å². The van der Waals surface area contributed by atoms with Gasteiger partial charge in [-0.15, -0.1) is 11.3 Å². The van der Waals surface area contributed by atoms with Gasteiger partial charge in [0.05, 0.1) is 9.88 Å². The molecule has 13 heavy (non-hydrogen) atoms. The third-order valence-electron chi connectivity index (χ3n) is 1.28. The highest BCUT2D eigenvalue weighted by Crippen LogP contribution is 2.39. The van der Waals surface area contributed by atoms with E-state index in [1.807, 2.05) is 0 Å². The highest BCUT2D eigenvalue weighted by molar-refractivity contribution is 14.1. The Morgan fingerprint density at radius 2 is 2.23 bits per heavy atom. The number of nitrogens with zero attached hydrogens (tertiary/aromatic N) is 1. The van der Waals surface area contributed by atoms with Crippen molar-refractivity contribution in [3.8, 4) is 0 Å². The summed E-state index contributed by atoms with van der Waals surface area (Å²) in [6, 6.07) is 0. The molecule has 1 aromatic rings. The van der Waals surface area contributed by atoms with Crippen molar-refractivity contribution >= 4 is 34.3 Å². The van der Waals surface area contributed by atoms with Crippen molar-refractivity contribution in [2.45, 2.75) is 19.2 Å². The van der Waals surface area contributed by atoms with E-state index in [4.69, 9.17) is 0 Å². The minimum absolute atomic E-state index is 0.0828. The van der Waals surface area contributed by atoms with Gasteiger partial charge in [0.1, 0.15) is 23.0 Å². The molecule has 1 heterocycles. The van der Waals surface area contributed by atoms with E-state index >= 15 is 0 Å². The summed E-state index contributed by atoms with van der Waals surface area (Å²) in [5, 5.41) is 0.595. The molecule has 0 aliphatic carbocycles. The van der Waals surface area contributed by atoms with Gasteiger partial charge in [0.25, 0.3) is 0 Å². The second-order valence-electron chi connectivity index (χ2n) is 2.29. The number of hydrogen-bond donors (Lipinski definition) is 0. The Kier molecular flexibility index (Phi) is 3.52. The molecule has 1 atom stereocenters. The summed E-state index contributed by atoms with van der Waals surface area (Å²) in [6.45, 7) is 1.65. The Balaban J connectivity index is 2.91. The topological polar surface area (TPSA) is 22.1 Å². The molecule has 0 fully saturated rings. The van der Waals surface area contributed by atoms with Crippen LogP contribution in [0, 0.1) is 6.92 Å². The maximum atomic E-state index is 12.3. The number of alkyl halides is 3. The number of aryl methyl sites for hydroxylation is 1. The third-order valence-corrected chi connectivity index (χ3v) is 2.75. The molecular formula is C6H5F3INOS. The van der Waals surface area contributed by atoms with Gasteiger partial charge in [-0.3, -0.25) is 3.07 Å². The number of aromatic nitrogens is 1. The van der Waals surface area contributed by atoms with Crippen molar-refractivity contribution in [1.82, 2.24) is 4.98 Å². The van der Waals surface area contributed by atoms with Gasteiger partial charge in [0.15, 0.2) is 0 Å². The lowest BCUT2D eigenvalue weighted by Gasteiger charge is -2.14. The number of rotatable bonds is 2. The Morgan fingerprint density at radius 1 is 1.62 bits per heavy atom. The van der Waals surface area contributed by atoms with Gasteiger partial charge in [-0.2, -0.15) is 13.2 Å². The number of hydrogen-bond acceptors (Lipinski definition) is 3. The largest absolute Gasteiger partial charge is 0.420 e. The Morgan fingerprint density at radius 3 is 2.54 bits per heavy atom. The zero-order chi connectivity index (χ0) is 10.1. The first kappa shape index (κ1) is 11.2. The highest BCUT2D eigenvalue weighted by Gasteiger charge is 2.43. The zero-order valence-electron chi connectivity index (χ0n) is 6.43. The predicted octanol–water partition coefficient (Wildman–Crippen LogP) is 3.42. The smallest absolute Gasteiger partial charge is 0.297 e. The maximum Gasteiger partial charge on any atom is 0.420 e. The fourth-order valence-corrected chi connectivity index (χ4v) is 2.33. The van der Waals surface area contributed by atoms with Crippen LogP contribution >= 0.6 is 34.3 Å². The van der Waals surface area contributed by atoms with Crippen molar-refractivity contribution in [3.63, 3.8) is 0 Å². The van der Waals surface area contributed by atoms with E-state index in [0.29, 0.717) is 5.01 Å². The molecule has 0 spiro atoms. The normalized spacial score (nSPS) is 14.5. The summed E-state index contributed by atoms with van der Waals surface area (Å²) in [5.41, 5.74) is 0. The van der Waals surface area contributed by atoms with Gasteiger partial charge in [-0.05, 0) is 6.92 Å². The monoisotopic (exact) mass is 323 g/mol. The first-order valence-electron chi connectivity index (χ1n) is 3.21. The molecule has 1 rings (SSSR count). The zero-order valence-corrected chi connectivity index (χ0v) is 9.40. The fraction of sp³-hybridized carbons (Fsp3) is 0.500. The van der Waals surface area contributed by atoms with Crippen LogP contribution in [-0.2, 0) is 3.07 Å². The molecule has 0 saturated carbocycles. The molecule has 1 unspecified atom stereocenters. The lowest BCUT2D eigenvalue weighted by Crippen LogP contribution is -2.19. The minimum atomic E-state index is -4.37. The summed E-state index contributed by atoms with van der Waals surface area (Å²) >= 11 is 2.23. The summed E-state index contributed by atoms with van der Waals surface area (Å²) < 4.78 is 41.1. The van der Waals surface area contributed by atoms with Crippen LogP contribution in [0.3, 0.4) is 0 Å². The molecule has 0 bridgehead atoms. The Labute approximate surface area is 90.8 Å². The Hall–Kier alpha value is 0.110. The van der Waals surface area contributed by atoms with E-state index in [1.54, 1.807) is 6.92 Å². The second kappa shape index (κ2) is 4.09. The average Bonchev–Trinajstić information content (AvgIpc) is 2.34. The van der Waals surface area contributed by atoms with Crippen molar-refractivity contribution in [2.24, 2.45) is 0 Å². The molecule has 0 saturated heterocycles. The summed E-state index contributed by atoms with van der Waals surface area (Å²) in [6.07, 6.45) is -5.05. The second-order valence-corrected chi connectivity index (χ2v) is 4.07. The van der Waals surface area contributed by atoms with Gasteiger partial charge < -0.3 is 0 Å². The maximum absolute atomic E-state index is 12.3. The van der Waals surface area contributed by atoms with E-state index < -0.39 is 12.3 Å². The van der Waals surface area contributed by atoms with Gasteiger partial charge >= 0.3 is 6.18 Å². The minimum Gasteiger partial charge on any atom is -0.297 e. The molecule has 74 valence electrons. The van der Waals surface area contributed by atoms with Crippen molar-refractivity contribution in [3.05, 3.63) is 16.1 Å². The lowest BCUT2D eigenvalue weighted by molar-refractivity contribution is -0.188. The molecule has 0 aliphatic rings. The van der Waals surface area contributed by atoms with Crippen LogP contribution in [0.15, 0.2) is 6.20 Å². The van der Waals surface area contributed by atoms with Crippen LogP contribution in [0.25, 0.3) is 0 Å². The predicted molar refractivity (Wildman–Crippen MR) is 50.8 cm³/mol. The van der Waals surface area contributed by atoms with Crippen LogP contribution in [-0.4, -0.2) is 11.2 Å². The van der Waals surface area contributed by atoms with E-state index in [1.165, 1.54) is 29.2 Å².